The molecule has 2 aromatic rings. The molecule has 0 aliphatic carbocycles. The largest absolute Gasteiger partial charge is 0.484 e. The summed E-state index contributed by atoms with van der Waals surface area (Å²) in [5, 5.41) is 9.12. The van der Waals surface area contributed by atoms with Crippen LogP contribution in [0.4, 0.5) is 24.7 Å². The first-order valence-corrected chi connectivity index (χ1v) is 7.03. The molecule has 1 unspecified atom stereocenters. The number of nitrogens with zero attached hydrogens (tertiary/aromatic N) is 1. The lowest BCUT2D eigenvalue weighted by Crippen LogP contribution is -2.31. The Kier molecular flexibility index (Phi) is 5.32. The molecule has 0 saturated carbocycles. The zero-order chi connectivity index (χ0) is 17.7. The Balaban J connectivity index is 1.87. The van der Waals surface area contributed by atoms with E-state index in [4.69, 9.17) is 4.52 Å². The molecule has 0 bridgehead atoms. The van der Waals surface area contributed by atoms with Gasteiger partial charge in [0, 0.05) is 11.8 Å². The summed E-state index contributed by atoms with van der Waals surface area (Å²) in [5.74, 6) is -0.0160. The van der Waals surface area contributed by atoms with Crippen LogP contribution in [0, 0.1) is 6.92 Å². The van der Waals surface area contributed by atoms with Crippen molar-refractivity contribution in [1.29, 1.82) is 0 Å². The first kappa shape index (κ1) is 17.6. The summed E-state index contributed by atoms with van der Waals surface area (Å²) in [5.41, 5.74) is 1.20. The van der Waals surface area contributed by atoms with E-state index in [1.807, 2.05) is 0 Å². The molecule has 0 spiro atoms. The Hall–Kier alpha value is -2.71. The van der Waals surface area contributed by atoms with Gasteiger partial charge in [-0.05, 0) is 38.1 Å². The maximum atomic E-state index is 12.1. The van der Waals surface area contributed by atoms with Crippen LogP contribution in [0.2, 0.25) is 0 Å². The number of benzene rings is 1. The maximum Gasteiger partial charge on any atom is 0.422 e. The van der Waals surface area contributed by atoms with Crippen LogP contribution in [-0.4, -0.2) is 29.9 Å². The van der Waals surface area contributed by atoms with E-state index >= 15 is 0 Å². The molecule has 1 amide bonds. The summed E-state index contributed by atoms with van der Waals surface area (Å²) in [4.78, 5) is 12.0. The predicted octanol–water partition coefficient (Wildman–Crippen LogP) is 3.36. The highest BCUT2D eigenvalue weighted by Gasteiger charge is 2.28. The van der Waals surface area contributed by atoms with E-state index in [0.717, 1.165) is 0 Å². The first-order chi connectivity index (χ1) is 11.2. The Morgan fingerprint density at radius 3 is 2.54 bits per heavy atom. The number of anilines is 2. The monoisotopic (exact) mass is 343 g/mol. The number of amides is 1. The Morgan fingerprint density at radius 2 is 2.00 bits per heavy atom. The number of aromatic nitrogens is 1. The van der Waals surface area contributed by atoms with Crippen molar-refractivity contribution in [2.75, 3.05) is 17.2 Å². The second kappa shape index (κ2) is 7.24. The van der Waals surface area contributed by atoms with Gasteiger partial charge in [0.05, 0.1) is 5.69 Å². The van der Waals surface area contributed by atoms with Crippen LogP contribution in [0.5, 0.6) is 5.75 Å². The molecule has 0 aliphatic rings. The van der Waals surface area contributed by atoms with Gasteiger partial charge in [-0.25, -0.2) is 0 Å². The number of alkyl halides is 3. The number of rotatable bonds is 6. The van der Waals surface area contributed by atoms with Crippen molar-refractivity contribution in [3.63, 3.8) is 0 Å². The van der Waals surface area contributed by atoms with Gasteiger partial charge in [-0.2, -0.15) is 13.2 Å². The second-order valence-corrected chi connectivity index (χ2v) is 5.12. The highest BCUT2D eigenvalue weighted by atomic mass is 19.4. The third-order valence-corrected chi connectivity index (χ3v) is 2.91. The summed E-state index contributed by atoms with van der Waals surface area (Å²) >= 11 is 0. The molecule has 1 aromatic heterocycles. The minimum Gasteiger partial charge on any atom is -0.484 e. The quantitative estimate of drug-likeness (QED) is 0.841. The highest BCUT2D eigenvalue weighted by molar-refractivity contribution is 5.95. The molecule has 24 heavy (non-hydrogen) atoms. The van der Waals surface area contributed by atoms with Crippen LogP contribution >= 0.6 is 0 Å². The SMILES string of the molecule is Cc1cc(NC(=O)C(C)Nc2ccc(OCC(F)(F)F)cc2)on1. The first-order valence-electron chi connectivity index (χ1n) is 7.03. The number of carbonyl (C=O) groups is 1. The number of aryl methyl sites for hydroxylation is 1. The van der Waals surface area contributed by atoms with Crippen LogP contribution in [0.3, 0.4) is 0 Å². The fourth-order valence-corrected chi connectivity index (χ4v) is 1.78. The van der Waals surface area contributed by atoms with Gasteiger partial charge in [0.15, 0.2) is 6.61 Å². The van der Waals surface area contributed by atoms with Gasteiger partial charge < -0.3 is 14.6 Å². The second-order valence-electron chi connectivity index (χ2n) is 5.12. The van der Waals surface area contributed by atoms with Crippen molar-refractivity contribution in [2.45, 2.75) is 26.1 Å². The van der Waals surface area contributed by atoms with Gasteiger partial charge in [0.2, 0.25) is 11.8 Å². The van der Waals surface area contributed by atoms with Crippen molar-refractivity contribution in [1.82, 2.24) is 5.16 Å². The summed E-state index contributed by atoms with van der Waals surface area (Å²) in [6.45, 7) is 2.01. The average molecular weight is 343 g/mol. The van der Waals surface area contributed by atoms with E-state index in [1.165, 1.54) is 24.3 Å². The molecule has 0 saturated heterocycles. The minimum atomic E-state index is -4.39. The molecule has 0 radical (unpaired) electrons. The number of halogens is 3. The lowest BCUT2D eigenvalue weighted by Gasteiger charge is -2.15. The molecular formula is C15H16F3N3O3. The highest BCUT2D eigenvalue weighted by Crippen LogP contribution is 2.20. The van der Waals surface area contributed by atoms with Crippen molar-refractivity contribution >= 4 is 17.5 Å². The van der Waals surface area contributed by atoms with Crippen LogP contribution < -0.4 is 15.4 Å². The number of hydrogen-bond donors (Lipinski definition) is 2. The van der Waals surface area contributed by atoms with Crippen molar-refractivity contribution in [3.8, 4) is 5.75 Å². The topological polar surface area (TPSA) is 76.4 Å². The standard InChI is InChI=1S/C15H16F3N3O3/c1-9-7-13(24-21-9)20-14(22)10(2)19-11-3-5-12(6-4-11)23-8-15(16,17)18/h3-7,10,19H,8H2,1-2H3,(H,20,22). The van der Waals surface area contributed by atoms with E-state index in [2.05, 4.69) is 20.5 Å². The fraction of sp³-hybridized carbons (Fsp3) is 0.333. The number of ether oxygens (including phenoxy) is 1. The van der Waals surface area contributed by atoms with Crippen molar-refractivity contribution in [2.24, 2.45) is 0 Å². The number of nitrogens with one attached hydrogen (secondary N) is 2. The molecule has 0 aliphatic heterocycles. The van der Waals surface area contributed by atoms with Gasteiger partial charge in [-0.1, -0.05) is 5.16 Å². The Morgan fingerprint density at radius 1 is 1.33 bits per heavy atom. The molecular weight excluding hydrogens is 327 g/mol. The van der Waals surface area contributed by atoms with Gasteiger partial charge >= 0.3 is 6.18 Å². The third-order valence-electron chi connectivity index (χ3n) is 2.91. The van der Waals surface area contributed by atoms with Gasteiger partial charge in [0.1, 0.15) is 11.8 Å². The van der Waals surface area contributed by atoms with E-state index in [9.17, 15) is 18.0 Å². The van der Waals surface area contributed by atoms with Crippen LogP contribution in [0.25, 0.3) is 0 Å². The van der Waals surface area contributed by atoms with E-state index in [0.29, 0.717) is 11.4 Å². The van der Waals surface area contributed by atoms with E-state index in [-0.39, 0.29) is 17.5 Å². The van der Waals surface area contributed by atoms with Crippen LogP contribution in [0.1, 0.15) is 12.6 Å². The average Bonchev–Trinajstić information content (AvgIpc) is 2.91. The Bertz CT molecular complexity index is 683. The van der Waals surface area contributed by atoms with Crippen molar-refractivity contribution < 1.29 is 27.2 Å². The zero-order valence-electron chi connectivity index (χ0n) is 13.0. The molecule has 130 valence electrons. The van der Waals surface area contributed by atoms with E-state index in [1.54, 1.807) is 19.9 Å². The Labute approximate surface area is 136 Å². The van der Waals surface area contributed by atoms with Gasteiger partial charge in [-0.15, -0.1) is 0 Å². The lowest BCUT2D eigenvalue weighted by atomic mass is 10.2. The molecule has 1 aromatic carbocycles. The normalized spacial score (nSPS) is 12.5. The number of carbonyl (C=O) groups excluding carboxylic acids is 1. The maximum absolute atomic E-state index is 12.1. The van der Waals surface area contributed by atoms with Crippen molar-refractivity contribution in [3.05, 3.63) is 36.0 Å². The minimum absolute atomic E-state index is 0.0899. The molecule has 6 nitrogen and oxygen atoms in total. The molecule has 9 heteroatoms. The van der Waals surface area contributed by atoms with Crippen LogP contribution in [-0.2, 0) is 4.79 Å². The van der Waals surface area contributed by atoms with Crippen LogP contribution in [0.15, 0.2) is 34.9 Å². The lowest BCUT2D eigenvalue weighted by molar-refractivity contribution is -0.153. The third kappa shape index (κ3) is 5.49. The summed E-state index contributed by atoms with van der Waals surface area (Å²) in [7, 11) is 0. The predicted molar refractivity (Wildman–Crippen MR) is 80.9 cm³/mol. The summed E-state index contributed by atoms with van der Waals surface area (Å²) in [6, 6.07) is 6.80. The van der Waals surface area contributed by atoms with Gasteiger partial charge in [-0.3, -0.25) is 10.1 Å². The van der Waals surface area contributed by atoms with E-state index < -0.39 is 18.8 Å². The summed E-state index contributed by atoms with van der Waals surface area (Å²) < 4.78 is 45.7. The fourth-order valence-electron chi connectivity index (χ4n) is 1.78. The van der Waals surface area contributed by atoms with Gasteiger partial charge in [0.25, 0.3) is 0 Å². The molecule has 2 rings (SSSR count). The number of hydrogen-bond acceptors (Lipinski definition) is 5. The summed E-state index contributed by atoms with van der Waals surface area (Å²) in [6.07, 6.45) is -4.39. The zero-order valence-corrected chi connectivity index (χ0v) is 13.0. The smallest absolute Gasteiger partial charge is 0.422 e. The molecule has 2 N–H and O–H groups in total. The molecule has 1 atom stereocenters. The molecule has 1 heterocycles. The molecule has 0 fully saturated rings.